The molecule has 0 bridgehead atoms. The number of hydrogen-bond acceptors (Lipinski definition) is 4. The van der Waals surface area contributed by atoms with E-state index in [1.54, 1.807) is 6.07 Å². The molecule has 4 nitrogen and oxygen atoms in total. The zero-order valence-corrected chi connectivity index (χ0v) is 14.0. The monoisotopic (exact) mass is 319 g/mol. The van der Waals surface area contributed by atoms with Gasteiger partial charge in [0.05, 0.1) is 17.7 Å². The fourth-order valence-corrected chi connectivity index (χ4v) is 3.31. The van der Waals surface area contributed by atoms with Gasteiger partial charge in [-0.3, -0.25) is 0 Å². The second kappa shape index (κ2) is 8.39. The lowest BCUT2D eigenvalue weighted by atomic mass is 9.95. The molecule has 23 heavy (non-hydrogen) atoms. The Hall–Kier alpha value is -1.48. The van der Waals surface area contributed by atoms with Gasteiger partial charge in [0, 0.05) is 19.6 Å². The van der Waals surface area contributed by atoms with Gasteiger partial charge in [-0.15, -0.1) is 0 Å². The zero-order chi connectivity index (χ0) is 16.8. The van der Waals surface area contributed by atoms with Crippen LogP contribution in [0.25, 0.3) is 0 Å². The van der Waals surface area contributed by atoms with Crippen LogP contribution in [0.15, 0.2) is 18.2 Å². The number of aliphatic hydroxyl groups excluding tert-OH is 1. The largest absolute Gasteiger partial charge is 0.392 e. The summed E-state index contributed by atoms with van der Waals surface area (Å²) in [4.78, 5) is 4.53. The van der Waals surface area contributed by atoms with E-state index in [0.29, 0.717) is 18.0 Å². The second-order valence-corrected chi connectivity index (χ2v) is 6.70. The third kappa shape index (κ3) is 5.58. The van der Waals surface area contributed by atoms with Gasteiger partial charge in [0.15, 0.2) is 0 Å². The minimum Gasteiger partial charge on any atom is -0.392 e. The molecule has 1 N–H and O–H groups in total. The Morgan fingerprint density at radius 3 is 2.74 bits per heavy atom. The van der Waals surface area contributed by atoms with Gasteiger partial charge in [-0.05, 0) is 63.5 Å². The van der Waals surface area contributed by atoms with Crippen molar-refractivity contribution in [2.75, 3.05) is 33.2 Å². The molecular formula is C18H26FN3O. The maximum Gasteiger partial charge on any atom is 0.124 e. The van der Waals surface area contributed by atoms with Gasteiger partial charge in [0.1, 0.15) is 5.82 Å². The lowest BCUT2D eigenvalue weighted by Gasteiger charge is -2.34. The van der Waals surface area contributed by atoms with E-state index in [1.807, 2.05) is 14.0 Å². The van der Waals surface area contributed by atoms with Crippen LogP contribution in [0, 0.1) is 23.1 Å². The maximum atomic E-state index is 13.2. The van der Waals surface area contributed by atoms with Gasteiger partial charge >= 0.3 is 0 Å². The molecule has 0 saturated carbocycles. The van der Waals surface area contributed by atoms with Crippen LogP contribution in [0.1, 0.15) is 30.9 Å². The van der Waals surface area contributed by atoms with Crippen molar-refractivity contribution in [1.82, 2.24) is 9.80 Å². The molecule has 2 rings (SSSR count). The first kappa shape index (κ1) is 17.9. The molecule has 1 aliphatic rings. The van der Waals surface area contributed by atoms with Crippen LogP contribution in [-0.4, -0.2) is 54.2 Å². The number of piperidine rings is 1. The Morgan fingerprint density at radius 2 is 2.13 bits per heavy atom. The van der Waals surface area contributed by atoms with Crippen LogP contribution in [-0.2, 0) is 6.54 Å². The number of aliphatic hydroxyl groups is 1. The van der Waals surface area contributed by atoms with Crippen LogP contribution in [0.5, 0.6) is 0 Å². The van der Waals surface area contributed by atoms with Crippen molar-refractivity contribution < 1.29 is 9.50 Å². The number of benzene rings is 1. The van der Waals surface area contributed by atoms with E-state index in [1.165, 1.54) is 12.1 Å². The lowest BCUT2D eigenvalue weighted by molar-refractivity contribution is 0.0919. The Bertz CT molecular complexity index is 548. The van der Waals surface area contributed by atoms with Gasteiger partial charge in [-0.25, -0.2) is 4.39 Å². The summed E-state index contributed by atoms with van der Waals surface area (Å²) in [5.74, 6) is 0.273. The normalized spacial score (nSPS) is 18.1. The van der Waals surface area contributed by atoms with Crippen LogP contribution < -0.4 is 0 Å². The molecule has 0 unspecified atom stereocenters. The van der Waals surface area contributed by atoms with Gasteiger partial charge in [-0.1, -0.05) is 6.07 Å². The van der Waals surface area contributed by atoms with Crippen molar-refractivity contribution in [3.63, 3.8) is 0 Å². The number of halogens is 1. The summed E-state index contributed by atoms with van der Waals surface area (Å²) in [5.41, 5.74) is 1.30. The van der Waals surface area contributed by atoms with Crippen LogP contribution in [0.3, 0.4) is 0 Å². The SMILES string of the molecule is C[C@@H](O)CN1CCC(CN(C)Cc2ccc(F)cc2C#N)CC1. The molecule has 0 radical (unpaired) electrons. The highest BCUT2D eigenvalue weighted by atomic mass is 19.1. The molecule has 0 aromatic heterocycles. The van der Waals surface area contributed by atoms with Crippen molar-refractivity contribution in [3.8, 4) is 6.07 Å². The number of nitriles is 1. The Labute approximate surface area is 138 Å². The summed E-state index contributed by atoms with van der Waals surface area (Å²) in [6, 6.07) is 6.49. The topological polar surface area (TPSA) is 50.5 Å². The molecule has 1 aromatic rings. The first-order valence-corrected chi connectivity index (χ1v) is 8.25. The van der Waals surface area contributed by atoms with Crippen LogP contribution in [0.4, 0.5) is 4.39 Å². The summed E-state index contributed by atoms with van der Waals surface area (Å²) in [6.45, 7) is 6.29. The Kier molecular flexibility index (Phi) is 6.52. The molecule has 0 spiro atoms. The Morgan fingerprint density at radius 1 is 1.43 bits per heavy atom. The number of β-amino-alcohol motifs (C(OH)–C–C–N with tert-alkyl or cyclic N) is 1. The molecule has 1 atom stereocenters. The molecule has 1 saturated heterocycles. The highest BCUT2D eigenvalue weighted by Crippen LogP contribution is 2.20. The molecule has 1 aliphatic heterocycles. The third-order valence-corrected chi connectivity index (χ3v) is 4.43. The van der Waals surface area contributed by atoms with Crippen molar-refractivity contribution >= 4 is 0 Å². The van der Waals surface area contributed by atoms with Gasteiger partial charge in [0.25, 0.3) is 0 Å². The average Bonchev–Trinajstić information content (AvgIpc) is 2.50. The predicted octanol–water partition coefficient (Wildman–Crippen LogP) is 2.22. The summed E-state index contributed by atoms with van der Waals surface area (Å²) in [5, 5.41) is 18.6. The molecule has 1 fully saturated rings. The molecule has 0 amide bonds. The van der Waals surface area contributed by atoms with Gasteiger partial charge in [0.2, 0.25) is 0 Å². The fourth-order valence-electron chi connectivity index (χ4n) is 3.31. The number of nitrogens with zero attached hydrogens (tertiary/aromatic N) is 3. The van der Waals surface area contributed by atoms with E-state index in [0.717, 1.165) is 44.6 Å². The van der Waals surface area contributed by atoms with E-state index in [-0.39, 0.29) is 11.9 Å². The lowest BCUT2D eigenvalue weighted by Crippen LogP contribution is -2.40. The predicted molar refractivity (Wildman–Crippen MR) is 88.3 cm³/mol. The number of rotatable bonds is 6. The molecular weight excluding hydrogens is 293 g/mol. The molecule has 1 aromatic carbocycles. The highest BCUT2D eigenvalue weighted by Gasteiger charge is 2.21. The van der Waals surface area contributed by atoms with Crippen molar-refractivity contribution in [2.45, 2.75) is 32.4 Å². The molecule has 0 aliphatic carbocycles. The Balaban J connectivity index is 1.82. The third-order valence-electron chi connectivity index (χ3n) is 4.43. The van der Waals surface area contributed by atoms with E-state index < -0.39 is 0 Å². The highest BCUT2D eigenvalue weighted by molar-refractivity contribution is 5.37. The second-order valence-electron chi connectivity index (χ2n) is 6.70. The number of hydrogen-bond donors (Lipinski definition) is 1. The summed E-state index contributed by atoms with van der Waals surface area (Å²) >= 11 is 0. The van der Waals surface area contributed by atoms with Crippen LogP contribution >= 0.6 is 0 Å². The number of likely N-dealkylation sites (tertiary alicyclic amines) is 1. The van der Waals surface area contributed by atoms with Crippen molar-refractivity contribution in [1.29, 1.82) is 5.26 Å². The van der Waals surface area contributed by atoms with Crippen molar-refractivity contribution in [2.24, 2.45) is 5.92 Å². The maximum absolute atomic E-state index is 13.2. The van der Waals surface area contributed by atoms with Gasteiger partial charge in [-0.2, -0.15) is 5.26 Å². The van der Waals surface area contributed by atoms with E-state index in [4.69, 9.17) is 5.26 Å². The van der Waals surface area contributed by atoms with E-state index >= 15 is 0 Å². The standard InChI is InChI=1S/C18H26FN3O/c1-14(23)11-22-7-5-15(6-8-22)12-21(2)13-16-3-4-18(19)9-17(16)10-20/h3-4,9,14-15,23H,5-8,11-13H2,1-2H3/t14-/m1/s1. The first-order valence-electron chi connectivity index (χ1n) is 8.25. The molecule has 5 heteroatoms. The summed E-state index contributed by atoms with van der Waals surface area (Å²) < 4.78 is 13.2. The van der Waals surface area contributed by atoms with E-state index in [9.17, 15) is 9.50 Å². The van der Waals surface area contributed by atoms with Gasteiger partial charge < -0.3 is 14.9 Å². The quantitative estimate of drug-likeness (QED) is 0.873. The molecule has 126 valence electrons. The van der Waals surface area contributed by atoms with E-state index in [2.05, 4.69) is 15.9 Å². The van der Waals surface area contributed by atoms with Crippen LogP contribution in [0.2, 0.25) is 0 Å². The van der Waals surface area contributed by atoms with Crippen molar-refractivity contribution in [3.05, 3.63) is 35.1 Å². The zero-order valence-electron chi connectivity index (χ0n) is 14.0. The fraction of sp³-hybridized carbons (Fsp3) is 0.611. The minimum absolute atomic E-state index is 0.267. The summed E-state index contributed by atoms with van der Waals surface area (Å²) in [7, 11) is 2.05. The molecule has 1 heterocycles. The summed E-state index contributed by atoms with van der Waals surface area (Å²) in [6.07, 6.45) is 1.99. The minimum atomic E-state index is -0.363. The smallest absolute Gasteiger partial charge is 0.124 e. The average molecular weight is 319 g/mol. The first-order chi connectivity index (χ1) is 11.0.